The molecule has 1 aliphatic rings. The Morgan fingerprint density at radius 2 is 1.88 bits per heavy atom. The molecule has 0 bridgehead atoms. The Balaban J connectivity index is 1.60. The molecule has 2 aromatic rings. The monoisotopic (exact) mass is 344 g/mol. The van der Waals surface area contributed by atoms with E-state index in [1.54, 1.807) is 6.20 Å². The van der Waals surface area contributed by atoms with Crippen LogP contribution in [0.3, 0.4) is 0 Å². The number of hydrogen-bond donors (Lipinski definition) is 1. The molecule has 0 saturated heterocycles. The van der Waals surface area contributed by atoms with Crippen molar-refractivity contribution in [2.45, 2.75) is 58.0 Å². The maximum absolute atomic E-state index is 12.3. The van der Waals surface area contributed by atoms with Gasteiger partial charge in [-0.3, -0.25) is 4.79 Å². The standard InChI is InChI=1S/C19H24N2O2S/c1-19(2,3)18-20-12-16(24-18)17(22)21-13-8-10-15(11-9-13)23-14-6-4-5-7-14/h8-12,14H,4-7H2,1-3H3,(H,21,22). The molecular formula is C19H24N2O2S. The molecule has 0 aliphatic heterocycles. The zero-order valence-corrected chi connectivity index (χ0v) is 15.3. The lowest BCUT2D eigenvalue weighted by Crippen LogP contribution is -2.12. The Bertz CT molecular complexity index is 695. The number of ether oxygens (including phenoxy) is 1. The van der Waals surface area contributed by atoms with Crippen LogP contribution in [0.4, 0.5) is 5.69 Å². The van der Waals surface area contributed by atoms with Crippen molar-refractivity contribution in [1.29, 1.82) is 0 Å². The highest BCUT2D eigenvalue weighted by molar-refractivity contribution is 7.13. The maximum Gasteiger partial charge on any atom is 0.267 e. The molecular weight excluding hydrogens is 320 g/mol. The predicted octanol–water partition coefficient (Wildman–Crippen LogP) is 5.01. The number of aromatic nitrogens is 1. The second kappa shape index (κ2) is 6.93. The summed E-state index contributed by atoms with van der Waals surface area (Å²) in [6, 6.07) is 7.60. The quantitative estimate of drug-likeness (QED) is 0.848. The van der Waals surface area contributed by atoms with E-state index in [9.17, 15) is 4.79 Å². The minimum absolute atomic E-state index is 0.0393. The molecule has 1 N–H and O–H groups in total. The van der Waals surface area contributed by atoms with Crippen LogP contribution in [0.25, 0.3) is 0 Å². The molecule has 1 fully saturated rings. The Kier molecular flexibility index (Phi) is 4.90. The third-order valence-corrected chi connectivity index (χ3v) is 5.51. The molecule has 1 amide bonds. The number of rotatable bonds is 4. The van der Waals surface area contributed by atoms with E-state index in [2.05, 4.69) is 31.1 Å². The Hall–Kier alpha value is -1.88. The summed E-state index contributed by atoms with van der Waals surface area (Å²) in [5, 5.41) is 3.89. The van der Waals surface area contributed by atoms with Crippen LogP contribution in [0.5, 0.6) is 5.75 Å². The summed E-state index contributed by atoms with van der Waals surface area (Å²) in [4.78, 5) is 17.3. The number of thiazole rings is 1. The molecule has 0 radical (unpaired) electrons. The van der Waals surface area contributed by atoms with Gasteiger partial charge in [-0.25, -0.2) is 4.98 Å². The van der Waals surface area contributed by atoms with Crippen LogP contribution in [0.15, 0.2) is 30.5 Å². The summed E-state index contributed by atoms with van der Waals surface area (Å²) in [6.07, 6.45) is 6.78. The van der Waals surface area contributed by atoms with E-state index in [1.165, 1.54) is 24.2 Å². The van der Waals surface area contributed by atoms with E-state index in [0.717, 1.165) is 29.3 Å². The fourth-order valence-corrected chi connectivity index (χ4v) is 3.60. The minimum atomic E-state index is -0.118. The first-order valence-electron chi connectivity index (χ1n) is 8.46. The highest BCUT2D eigenvalue weighted by Gasteiger charge is 2.20. The van der Waals surface area contributed by atoms with Gasteiger partial charge in [0.15, 0.2) is 0 Å². The summed E-state index contributed by atoms with van der Waals surface area (Å²) >= 11 is 1.44. The second-order valence-electron chi connectivity index (χ2n) is 7.28. The lowest BCUT2D eigenvalue weighted by molar-refractivity contribution is 0.103. The van der Waals surface area contributed by atoms with Gasteiger partial charge in [0.25, 0.3) is 5.91 Å². The highest BCUT2D eigenvalue weighted by Crippen LogP contribution is 2.28. The Labute approximate surface area is 147 Å². The number of amides is 1. The molecule has 128 valence electrons. The number of nitrogens with zero attached hydrogens (tertiary/aromatic N) is 1. The van der Waals surface area contributed by atoms with Gasteiger partial charge in [0.1, 0.15) is 10.6 Å². The molecule has 3 rings (SSSR count). The van der Waals surface area contributed by atoms with Crippen molar-refractivity contribution in [2.24, 2.45) is 0 Å². The predicted molar refractivity (Wildman–Crippen MR) is 98.1 cm³/mol. The lowest BCUT2D eigenvalue weighted by atomic mass is 9.98. The van der Waals surface area contributed by atoms with E-state index in [4.69, 9.17) is 4.74 Å². The van der Waals surface area contributed by atoms with Gasteiger partial charge in [0, 0.05) is 11.1 Å². The van der Waals surface area contributed by atoms with Gasteiger partial charge in [-0.15, -0.1) is 11.3 Å². The van der Waals surface area contributed by atoms with E-state index in [1.807, 2.05) is 24.3 Å². The fraction of sp³-hybridized carbons (Fsp3) is 0.474. The van der Waals surface area contributed by atoms with E-state index in [-0.39, 0.29) is 11.3 Å². The van der Waals surface area contributed by atoms with Crippen molar-refractivity contribution < 1.29 is 9.53 Å². The average molecular weight is 344 g/mol. The molecule has 4 nitrogen and oxygen atoms in total. The van der Waals surface area contributed by atoms with Crippen molar-refractivity contribution in [3.8, 4) is 5.75 Å². The van der Waals surface area contributed by atoms with Gasteiger partial charge in [0.05, 0.1) is 17.3 Å². The number of benzene rings is 1. The van der Waals surface area contributed by atoms with Crippen LogP contribution in [0.1, 0.15) is 61.1 Å². The van der Waals surface area contributed by atoms with E-state index in [0.29, 0.717) is 11.0 Å². The SMILES string of the molecule is CC(C)(C)c1ncc(C(=O)Nc2ccc(OC3CCCC3)cc2)s1. The summed E-state index contributed by atoms with van der Waals surface area (Å²) in [7, 11) is 0. The third kappa shape index (κ3) is 4.15. The van der Waals surface area contributed by atoms with Crippen LogP contribution in [0, 0.1) is 0 Å². The highest BCUT2D eigenvalue weighted by atomic mass is 32.1. The van der Waals surface area contributed by atoms with Crippen LogP contribution in [-0.2, 0) is 5.41 Å². The topological polar surface area (TPSA) is 51.2 Å². The summed E-state index contributed by atoms with van der Waals surface area (Å²) in [5.41, 5.74) is 0.729. The molecule has 1 heterocycles. The molecule has 1 aliphatic carbocycles. The zero-order chi connectivity index (χ0) is 17.2. The molecule has 1 aromatic carbocycles. The van der Waals surface area contributed by atoms with Gasteiger partial charge < -0.3 is 10.1 Å². The number of carbonyl (C=O) groups excluding carboxylic acids is 1. The van der Waals surface area contributed by atoms with Crippen molar-refractivity contribution in [2.75, 3.05) is 5.32 Å². The van der Waals surface area contributed by atoms with Crippen LogP contribution in [-0.4, -0.2) is 17.0 Å². The molecule has 0 unspecified atom stereocenters. The first kappa shape index (κ1) is 17.0. The zero-order valence-electron chi connectivity index (χ0n) is 14.5. The van der Waals surface area contributed by atoms with Crippen molar-refractivity contribution in [3.05, 3.63) is 40.3 Å². The normalized spacial score (nSPS) is 15.5. The number of anilines is 1. The first-order chi connectivity index (χ1) is 11.4. The van der Waals surface area contributed by atoms with Crippen molar-refractivity contribution >= 4 is 22.9 Å². The van der Waals surface area contributed by atoms with Crippen molar-refractivity contribution in [1.82, 2.24) is 4.98 Å². The van der Waals surface area contributed by atoms with Gasteiger partial charge in [-0.05, 0) is 49.9 Å². The number of hydrogen-bond acceptors (Lipinski definition) is 4. The summed E-state index contributed by atoms with van der Waals surface area (Å²) < 4.78 is 5.94. The number of carbonyl (C=O) groups is 1. The number of nitrogens with one attached hydrogen (secondary N) is 1. The lowest BCUT2D eigenvalue weighted by Gasteiger charge is -2.13. The molecule has 24 heavy (non-hydrogen) atoms. The van der Waals surface area contributed by atoms with Crippen LogP contribution >= 0.6 is 11.3 Å². The van der Waals surface area contributed by atoms with Gasteiger partial charge in [-0.2, -0.15) is 0 Å². The Morgan fingerprint density at radius 3 is 2.46 bits per heavy atom. The third-order valence-electron chi connectivity index (χ3n) is 4.09. The summed E-state index contributed by atoms with van der Waals surface area (Å²) in [5.74, 6) is 0.750. The van der Waals surface area contributed by atoms with Crippen molar-refractivity contribution in [3.63, 3.8) is 0 Å². The van der Waals surface area contributed by atoms with Crippen LogP contribution in [0.2, 0.25) is 0 Å². The van der Waals surface area contributed by atoms with E-state index < -0.39 is 0 Å². The minimum Gasteiger partial charge on any atom is -0.490 e. The maximum atomic E-state index is 12.3. The van der Waals surface area contributed by atoms with Gasteiger partial charge in [-0.1, -0.05) is 20.8 Å². The molecule has 0 atom stereocenters. The second-order valence-corrected chi connectivity index (χ2v) is 8.31. The van der Waals surface area contributed by atoms with Gasteiger partial charge >= 0.3 is 0 Å². The largest absolute Gasteiger partial charge is 0.490 e. The average Bonchev–Trinajstić information content (AvgIpc) is 3.19. The first-order valence-corrected chi connectivity index (χ1v) is 9.28. The molecule has 1 aromatic heterocycles. The van der Waals surface area contributed by atoms with Crippen LogP contribution < -0.4 is 10.1 Å². The molecule has 0 spiro atoms. The van der Waals surface area contributed by atoms with Gasteiger partial charge in [0.2, 0.25) is 0 Å². The molecule has 5 heteroatoms. The smallest absolute Gasteiger partial charge is 0.267 e. The van der Waals surface area contributed by atoms with E-state index >= 15 is 0 Å². The fourth-order valence-electron chi connectivity index (χ4n) is 2.73. The Morgan fingerprint density at radius 1 is 1.21 bits per heavy atom. The summed E-state index contributed by atoms with van der Waals surface area (Å²) in [6.45, 7) is 6.28. The molecule has 1 saturated carbocycles.